The van der Waals surface area contributed by atoms with E-state index in [9.17, 15) is 5.11 Å². The molecule has 0 atom stereocenters. The molecule has 0 aliphatic rings. The van der Waals surface area contributed by atoms with Gasteiger partial charge in [0.2, 0.25) is 5.78 Å². The molecular formula is C19H15ClN4O. The maximum absolute atomic E-state index is 9.54. The molecule has 25 heavy (non-hydrogen) atoms. The normalized spacial score (nSPS) is 11.0. The van der Waals surface area contributed by atoms with Crippen molar-refractivity contribution in [3.05, 3.63) is 71.5 Å². The minimum absolute atomic E-state index is 0.213. The summed E-state index contributed by atoms with van der Waals surface area (Å²) in [5, 5.41) is 13.6. The fourth-order valence-corrected chi connectivity index (χ4v) is 2.82. The molecule has 0 spiro atoms. The summed E-state index contributed by atoms with van der Waals surface area (Å²) in [6.45, 7) is 1.96. The Labute approximate surface area is 149 Å². The van der Waals surface area contributed by atoms with E-state index in [0.29, 0.717) is 10.8 Å². The Kier molecular flexibility index (Phi) is 3.78. The van der Waals surface area contributed by atoms with Gasteiger partial charge in [-0.1, -0.05) is 17.7 Å². The molecule has 2 aromatic carbocycles. The number of phenols is 1. The van der Waals surface area contributed by atoms with Gasteiger partial charge in [0.15, 0.2) is 0 Å². The van der Waals surface area contributed by atoms with Gasteiger partial charge in [-0.15, -0.1) is 0 Å². The zero-order valence-electron chi connectivity index (χ0n) is 13.4. The van der Waals surface area contributed by atoms with Crippen molar-refractivity contribution in [2.24, 2.45) is 0 Å². The van der Waals surface area contributed by atoms with E-state index in [1.165, 1.54) is 0 Å². The SMILES string of the molecule is Cc1ccc(Nc2c(-c3ccc(O)cc3)nc3ncccn23)cc1Cl. The molecule has 2 heterocycles. The van der Waals surface area contributed by atoms with E-state index in [1.54, 1.807) is 18.3 Å². The number of phenolic OH excluding ortho intramolecular Hbond substituents is 1. The van der Waals surface area contributed by atoms with E-state index in [4.69, 9.17) is 11.6 Å². The van der Waals surface area contributed by atoms with Gasteiger partial charge < -0.3 is 10.4 Å². The van der Waals surface area contributed by atoms with Gasteiger partial charge in [-0.05, 0) is 55.0 Å². The number of hydrogen-bond acceptors (Lipinski definition) is 4. The Hall–Kier alpha value is -3.05. The third-order valence-corrected chi connectivity index (χ3v) is 4.39. The number of nitrogens with one attached hydrogen (secondary N) is 1. The lowest BCUT2D eigenvalue weighted by atomic mass is 10.1. The van der Waals surface area contributed by atoms with Crippen molar-refractivity contribution < 1.29 is 5.11 Å². The molecule has 0 saturated heterocycles. The predicted molar refractivity (Wildman–Crippen MR) is 99.6 cm³/mol. The molecule has 124 valence electrons. The lowest BCUT2D eigenvalue weighted by Crippen LogP contribution is -1.97. The summed E-state index contributed by atoms with van der Waals surface area (Å²) in [5.41, 5.74) is 3.51. The summed E-state index contributed by atoms with van der Waals surface area (Å²) in [7, 11) is 0. The number of fused-ring (bicyclic) bond motifs is 1. The summed E-state index contributed by atoms with van der Waals surface area (Å²) in [5.74, 6) is 1.59. The van der Waals surface area contributed by atoms with E-state index >= 15 is 0 Å². The number of hydrogen-bond donors (Lipinski definition) is 2. The molecule has 6 heteroatoms. The number of aryl methyl sites for hydroxylation is 1. The maximum atomic E-state index is 9.54. The van der Waals surface area contributed by atoms with Gasteiger partial charge in [0, 0.05) is 28.7 Å². The van der Waals surface area contributed by atoms with Crippen LogP contribution in [0.5, 0.6) is 5.75 Å². The predicted octanol–water partition coefficient (Wildman–Crippen LogP) is 4.81. The summed E-state index contributed by atoms with van der Waals surface area (Å²) >= 11 is 6.24. The van der Waals surface area contributed by atoms with Crippen molar-refractivity contribution in [2.75, 3.05) is 5.32 Å². The smallest absolute Gasteiger partial charge is 0.235 e. The molecule has 0 aliphatic heterocycles. The van der Waals surface area contributed by atoms with Crippen LogP contribution >= 0.6 is 11.6 Å². The molecular weight excluding hydrogens is 336 g/mol. The molecule has 4 rings (SSSR count). The highest BCUT2D eigenvalue weighted by Crippen LogP contribution is 2.32. The second kappa shape index (κ2) is 6.11. The Morgan fingerprint density at radius 2 is 1.92 bits per heavy atom. The van der Waals surface area contributed by atoms with Gasteiger partial charge in [0.05, 0.1) is 0 Å². The third kappa shape index (κ3) is 2.90. The van der Waals surface area contributed by atoms with Crippen LogP contribution in [0.2, 0.25) is 5.02 Å². The van der Waals surface area contributed by atoms with Crippen LogP contribution in [-0.2, 0) is 0 Å². The van der Waals surface area contributed by atoms with Gasteiger partial charge in [-0.2, -0.15) is 0 Å². The number of anilines is 2. The third-order valence-electron chi connectivity index (χ3n) is 3.98. The van der Waals surface area contributed by atoms with E-state index < -0.39 is 0 Å². The first kappa shape index (κ1) is 15.5. The Balaban J connectivity index is 1.87. The number of benzene rings is 2. The van der Waals surface area contributed by atoms with E-state index in [1.807, 2.05) is 53.9 Å². The highest BCUT2D eigenvalue weighted by Gasteiger charge is 2.15. The first-order chi connectivity index (χ1) is 12.1. The molecule has 0 saturated carbocycles. The summed E-state index contributed by atoms with van der Waals surface area (Å²) in [4.78, 5) is 8.94. The number of aromatic hydroxyl groups is 1. The van der Waals surface area contributed by atoms with Crippen molar-refractivity contribution in [2.45, 2.75) is 6.92 Å². The van der Waals surface area contributed by atoms with Gasteiger partial charge in [-0.25, -0.2) is 9.97 Å². The fraction of sp³-hybridized carbons (Fsp3) is 0.0526. The largest absolute Gasteiger partial charge is 0.508 e. The maximum Gasteiger partial charge on any atom is 0.235 e. The fourth-order valence-electron chi connectivity index (χ4n) is 2.63. The summed E-state index contributed by atoms with van der Waals surface area (Å²) in [6, 6.07) is 14.6. The number of imidazole rings is 1. The van der Waals surface area contributed by atoms with Crippen LogP contribution in [-0.4, -0.2) is 19.5 Å². The Morgan fingerprint density at radius 1 is 1.12 bits per heavy atom. The highest BCUT2D eigenvalue weighted by molar-refractivity contribution is 6.31. The highest BCUT2D eigenvalue weighted by atomic mass is 35.5. The second-order valence-electron chi connectivity index (χ2n) is 5.73. The van der Waals surface area contributed by atoms with Gasteiger partial charge >= 0.3 is 0 Å². The van der Waals surface area contributed by atoms with E-state index in [0.717, 1.165) is 28.3 Å². The van der Waals surface area contributed by atoms with Gasteiger partial charge in [0.1, 0.15) is 17.3 Å². The molecule has 4 aromatic rings. The average molecular weight is 351 g/mol. The minimum atomic E-state index is 0.213. The van der Waals surface area contributed by atoms with Crippen molar-refractivity contribution in [3.63, 3.8) is 0 Å². The van der Waals surface area contributed by atoms with Crippen LogP contribution in [0.1, 0.15) is 5.56 Å². The van der Waals surface area contributed by atoms with Crippen LogP contribution in [0.15, 0.2) is 60.9 Å². The van der Waals surface area contributed by atoms with Crippen LogP contribution < -0.4 is 5.32 Å². The van der Waals surface area contributed by atoms with Crippen molar-refractivity contribution in [3.8, 4) is 17.0 Å². The van der Waals surface area contributed by atoms with Crippen LogP contribution in [0.3, 0.4) is 0 Å². The molecule has 0 amide bonds. The lowest BCUT2D eigenvalue weighted by molar-refractivity contribution is 0.475. The molecule has 0 aliphatic carbocycles. The van der Waals surface area contributed by atoms with Crippen LogP contribution in [0, 0.1) is 6.92 Å². The zero-order chi connectivity index (χ0) is 17.4. The lowest BCUT2D eigenvalue weighted by Gasteiger charge is -2.10. The van der Waals surface area contributed by atoms with Crippen molar-refractivity contribution >= 4 is 28.9 Å². The first-order valence-corrected chi connectivity index (χ1v) is 8.15. The summed E-state index contributed by atoms with van der Waals surface area (Å²) in [6.07, 6.45) is 3.60. The van der Waals surface area contributed by atoms with Crippen molar-refractivity contribution in [1.82, 2.24) is 14.4 Å². The van der Waals surface area contributed by atoms with Gasteiger partial charge in [0.25, 0.3) is 0 Å². The Bertz CT molecular complexity index is 1060. The molecule has 0 bridgehead atoms. The molecule has 2 N–H and O–H groups in total. The molecule has 0 unspecified atom stereocenters. The van der Waals surface area contributed by atoms with Gasteiger partial charge in [-0.3, -0.25) is 4.40 Å². The summed E-state index contributed by atoms with van der Waals surface area (Å²) < 4.78 is 1.88. The van der Waals surface area contributed by atoms with Crippen LogP contribution in [0.4, 0.5) is 11.5 Å². The molecule has 0 fully saturated rings. The number of halogens is 1. The topological polar surface area (TPSA) is 62.5 Å². The average Bonchev–Trinajstić information content (AvgIpc) is 2.97. The quantitative estimate of drug-likeness (QED) is 0.556. The molecule has 0 radical (unpaired) electrons. The van der Waals surface area contributed by atoms with Crippen LogP contribution in [0.25, 0.3) is 17.0 Å². The Morgan fingerprint density at radius 3 is 2.68 bits per heavy atom. The zero-order valence-corrected chi connectivity index (χ0v) is 14.2. The number of aromatic nitrogens is 3. The number of rotatable bonds is 3. The first-order valence-electron chi connectivity index (χ1n) is 7.77. The van der Waals surface area contributed by atoms with E-state index in [-0.39, 0.29) is 5.75 Å². The second-order valence-corrected chi connectivity index (χ2v) is 6.14. The van der Waals surface area contributed by atoms with E-state index in [2.05, 4.69) is 15.3 Å². The minimum Gasteiger partial charge on any atom is -0.508 e. The number of nitrogens with zero attached hydrogens (tertiary/aromatic N) is 3. The standard InChI is InChI=1S/C19H15ClN4O/c1-12-3-6-14(11-16(12)20)22-18-17(13-4-7-15(25)8-5-13)23-19-21-9-2-10-24(18)19/h2-11,22,25H,1H3. The van der Waals surface area contributed by atoms with Crippen molar-refractivity contribution in [1.29, 1.82) is 0 Å². The molecule has 5 nitrogen and oxygen atoms in total. The monoisotopic (exact) mass is 350 g/mol. The molecule has 2 aromatic heterocycles.